The highest BCUT2D eigenvalue weighted by molar-refractivity contribution is 5.86. The van der Waals surface area contributed by atoms with Crippen molar-refractivity contribution in [3.8, 4) is 0 Å². The summed E-state index contributed by atoms with van der Waals surface area (Å²) in [6.07, 6.45) is 4.79. The summed E-state index contributed by atoms with van der Waals surface area (Å²) in [7, 11) is 0. The molecule has 4 N–H and O–H groups in total. The van der Waals surface area contributed by atoms with Crippen molar-refractivity contribution >= 4 is 18.3 Å². The molecule has 5 heteroatoms. The van der Waals surface area contributed by atoms with Crippen LogP contribution in [0.1, 0.15) is 45.4 Å². The highest BCUT2D eigenvalue weighted by atomic mass is 35.5. The molecule has 1 aliphatic carbocycles. The fourth-order valence-corrected chi connectivity index (χ4v) is 2.05. The lowest BCUT2D eigenvalue weighted by atomic mass is 9.98. The number of amides is 1. The standard InChI is InChI=1S/C11H22N2O2.ClH/c1-2-5-9(14)8-13-10(15)11(12)6-3-4-7-11;/h9,14H,2-8,12H2,1H3,(H,13,15);1H. The molecule has 0 aliphatic heterocycles. The Kier molecular flexibility index (Phi) is 6.95. The average Bonchev–Trinajstić information content (AvgIpc) is 2.63. The first-order chi connectivity index (χ1) is 7.08. The van der Waals surface area contributed by atoms with Crippen LogP contribution in [0.5, 0.6) is 0 Å². The largest absolute Gasteiger partial charge is 0.391 e. The molecule has 0 radical (unpaired) electrons. The molecule has 1 atom stereocenters. The summed E-state index contributed by atoms with van der Waals surface area (Å²) in [5.41, 5.74) is 5.29. The predicted octanol–water partition coefficient (Wildman–Crippen LogP) is 0.957. The van der Waals surface area contributed by atoms with Gasteiger partial charge < -0.3 is 16.2 Å². The number of carbonyl (C=O) groups is 1. The Balaban J connectivity index is 0.00000225. The molecule has 1 saturated carbocycles. The number of carbonyl (C=O) groups excluding carboxylic acids is 1. The number of aliphatic hydroxyl groups excluding tert-OH is 1. The molecule has 4 nitrogen and oxygen atoms in total. The highest BCUT2D eigenvalue weighted by Crippen LogP contribution is 2.27. The van der Waals surface area contributed by atoms with E-state index in [1.54, 1.807) is 0 Å². The molecule has 1 aliphatic rings. The van der Waals surface area contributed by atoms with Crippen LogP contribution in [0, 0.1) is 0 Å². The van der Waals surface area contributed by atoms with Gasteiger partial charge in [0.25, 0.3) is 0 Å². The highest BCUT2D eigenvalue weighted by Gasteiger charge is 2.36. The maximum atomic E-state index is 11.7. The van der Waals surface area contributed by atoms with Gasteiger partial charge >= 0.3 is 0 Å². The summed E-state index contributed by atoms with van der Waals surface area (Å²) < 4.78 is 0. The van der Waals surface area contributed by atoms with Crippen LogP contribution in [0.3, 0.4) is 0 Å². The third-order valence-corrected chi connectivity index (χ3v) is 3.07. The first kappa shape index (κ1) is 15.7. The van der Waals surface area contributed by atoms with Crippen LogP contribution < -0.4 is 11.1 Å². The quantitative estimate of drug-likeness (QED) is 0.680. The first-order valence-electron chi connectivity index (χ1n) is 5.84. The average molecular weight is 251 g/mol. The lowest BCUT2D eigenvalue weighted by Gasteiger charge is -2.23. The van der Waals surface area contributed by atoms with Gasteiger partial charge in [-0.25, -0.2) is 0 Å². The first-order valence-corrected chi connectivity index (χ1v) is 5.84. The van der Waals surface area contributed by atoms with Crippen molar-refractivity contribution in [2.75, 3.05) is 6.54 Å². The molecule has 1 fully saturated rings. The van der Waals surface area contributed by atoms with Crippen molar-refractivity contribution in [1.82, 2.24) is 5.32 Å². The van der Waals surface area contributed by atoms with Crippen LogP contribution in [-0.4, -0.2) is 29.2 Å². The van der Waals surface area contributed by atoms with E-state index < -0.39 is 11.6 Å². The smallest absolute Gasteiger partial charge is 0.240 e. The molecule has 0 aromatic rings. The zero-order valence-corrected chi connectivity index (χ0v) is 10.7. The molecule has 96 valence electrons. The van der Waals surface area contributed by atoms with Crippen LogP contribution in [-0.2, 0) is 4.79 Å². The molecule has 1 amide bonds. The van der Waals surface area contributed by atoms with Crippen molar-refractivity contribution in [2.45, 2.75) is 57.1 Å². The Morgan fingerprint density at radius 1 is 1.50 bits per heavy atom. The lowest BCUT2D eigenvalue weighted by Crippen LogP contribution is -2.53. The molecule has 0 aromatic heterocycles. The second-order valence-electron chi connectivity index (χ2n) is 4.52. The van der Waals surface area contributed by atoms with E-state index in [0.29, 0.717) is 6.54 Å². The number of hydrogen-bond donors (Lipinski definition) is 3. The van der Waals surface area contributed by atoms with Crippen LogP contribution >= 0.6 is 12.4 Å². The number of hydrogen-bond acceptors (Lipinski definition) is 3. The molecule has 0 aromatic carbocycles. The number of rotatable bonds is 5. The molecule has 1 unspecified atom stereocenters. The van der Waals surface area contributed by atoms with E-state index in [2.05, 4.69) is 5.32 Å². The Morgan fingerprint density at radius 3 is 2.56 bits per heavy atom. The van der Waals surface area contributed by atoms with Gasteiger partial charge in [-0.3, -0.25) is 4.79 Å². The van der Waals surface area contributed by atoms with Gasteiger partial charge in [0.05, 0.1) is 11.6 Å². The van der Waals surface area contributed by atoms with Gasteiger partial charge in [0.1, 0.15) is 0 Å². The maximum Gasteiger partial charge on any atom is 0.240 e. The Labute approximate surface area is 103 Å². The predicted molar refractivity (Wildman–Crippen MR) is 66.6 cm³/mol. The molecule has 1 rings (SSSR count). The van der Waals surface area contributed by atoms with Crippen molar-refractivity contribution in [1.29, 1.82) is 0 Å². The lowest BCUT2D eigenvalue weighted by molar-refractivity contribution is -0.126. The van der Waals surface area contributed by atoms with Gasteiger partial charge in [-0.1, -0.05) is 26.2 Å². The summed E-state index contributed by atoms with van der Waals surface area (Å²) in [4.78, 5) is 11.7. The zero-order chi connectivity index (χ0) is 11.3. The van der Waals surface area contributed by atoms with Crippen LogP contribution in [0.15, 0.2) is 0 Å². The third kappa shape index (κ3) is 4.28. The summed E-state index contributed by atoms with van der Waals surface area (Å²) in [5.74, 6) is -0.102. The van der Waals surface area contributed by atoms with Crippen molar-refractivity contribution in [3.05, 3.63) is 0 Å². The third-order valence-electron chi connectivity index (χ3n) is 3.07. The Hall–Kier alpha value is -0.320. The fourth-order valence-electron chi connectivity index (χ4n) is 2.05. The second kappa shape index (κ2) is 7.09. The molecule has 0 saturated heterocycles. The van der Waals surface area contributed by atoms with Crippen LogP contribution in [0.4, 0.5) is 0 Å². The van der Waals surface area contributed by atoms with Gasteiger partial charge in [0, 0.05) is 6.54 Å². The molecular formula is C11H23ClN2O2. The maximum absolute atomic E-state index is 11.7. The van der Waals surface area contributed by atoms with Crippen molar-refractivity contribution in [2.24, 2.45) is 5.73 Å². The van der Waals surface area contributed by atoms with Crippen LogP contribution in [0.2, 0.25) is 0 Å². The number of halogens is 1. The minimum absolute atomic E-state index is 0. The van der Waals surface area contributed by atoms with Gasteiger partial charge in [0.15, 0.2) is 0 Å². The van der Waals surface area contributed by atoms with E-state index in [-0.39, 0.29) is 18.3 Å². The summed E-state index contributed by atoms with van der Waals surface area (Å²) in [6, 6.07) is 0. The normalized spacial score (nSPS) is 19.9. The number of nitrogens with two attached hydrogens (primary N) is 1. The molecule has 16 heavy (non-hydrogen) atoms. The molecular weight excluding hydrogens is 228 g/mol. The zero-order valence-electron chi connectivity index (χ0n) is 9.87. The van der Waals surface area contributed by atoms with Crippen LogP contribution in [0.25, 0.3) is 0 Å². The van der Waals surface area contributed by atoms with Crippen molar-refractivity contribution < 1.29 is 9.90 Å². The minimum Gasteiger partial charge on any atom is -0.391 e. The van der Waals surface area contributed by atoms with E-state index in [1.165, 1.54) is 0 Å². The van der Waals surface area contributed by atoms with E-state index in [0.717, 1.165) is 38.5 Å². The molecule has 0 bridgehead atoms. The summed E-state index contributed by atoms with van der Waals surface area (Å²) in [6.45, 7) is 2.33. The van der Waals surface area contributed by atoms with Gasteiger partial charge in [-0.2, -0.15) is 0 Å². The van der Waals surface area contributed by atoms with E-state index in [4.69, 9.17) is 5.73 Å². The molecule has 0 heterocycles. The van der Waals surface area contributed by atoms with Crippen molar-refractivity contribution in [3.63, 3.8) is 0 Å². The van der Waals surface area contributed by atoms with E-state index in [1.807, 2.05) is 6.92 Å². The monoisotopic (exact) mass is 250 g/mol. The number of aliphatic hydroxyl groups is 1. The number of nitrogens with one attached hydrogen (secondary N) is 1. The van der Waals surface area contributed by atoms with E-state index >= 15 is 0 Å². The second-order valence-corrected chi connectivity index (χ2v) is 4.52. The Morgan fingerprint density at radius 2 is 2.06 bits per heavy atom. The van der Waals surface area contributed by atoms with E-state index in [9.17, 15) is 9.90 Å². The fraction of sp³-hybridized carbons (Fsp3) is 0.909. The Bertz CT molecular complexity index is 218. The van der Waals surface area contributed by atoms with Gasteiger partial charge in [-0.05, 0) is 19.3 Å². The minimum atomic E-state index is -0.675. The molecule has 0 spiro atoms. The SMILES string of the molecule is CCCC(O)CNC(=O)C1(N)CCCC1.Cl. The topological polar surface area (TPSA) is 75.3 Å². The van der Waals surface area contributed by atoms with Gasteiger partial charge in [-0.15, -0.1) is 12.4 Å². The summed E-state index contributed by atoms with van der Waals surface area (Å²) in [5, 5.41) is 12.2. The summed E-state index contributed by atoms with van der Waals surface area (Å²) >= 11 is 0. The van der Waals surface area contributed by atoms with Gasteiger partial charge in [0.2, 0.25) is 5.91 Å².